The molecular formula is C23H25F2N. The van der Waals surface area contributed by atoms with Gasteiger partial charge < -0.3 is 0 Å². The quantitative estimate of drug-likeness (QED) is 0.573. The molecule has 0 spiro atoms. The number of halogens is 2. The van der Waals surface area contributed by atoms with E-state index in [1.807, 2.05) is 36.4 Å². The third kappa shape index (κ3) is 4.12. The van der Waals surface area contributed by atoms with Gasteiger partial charge in [0, 0.05) is 5.92 Å². The molecular weight excluding hydrogens is 328 g/mol. The largest absolute Gasteiger partial charge is 0.251 e. The molecule has 136 valence electrons. The molecule has 26 heavy (non-hydrogen) atoms. The smallest absolute Gasteiger partial charge is 0.123 e. The fraction of sp³-hybridized carbons (Fsp3) is 0.435. The van der Waals surface area contributed by atoms with Crippen LogP contribution in [0.2, 0.25) is 0 Å². The Morgan fingerprint density at radius 1 is 1.15 bits per heavy atom. The summed E-state index contributed by atoms with van der Waals surface area (Å²) in [4.78, 5) is 0. The molecule has 0 aliphatic heterocycles. The highest BCUT2D eigenvalue weighted by molar-refractivity contribution is 5.38. The van der Waals surface area contributed by atoms with E-state index in [1.54, 1.807) is 12.1 Å². The number of allylic oxidation sites excluding steroid dienone is 6. The van der Waals surface area contributed by atoms with E-state index in [0.29, 0.717) is 18.3 Å². The van der Waals surface area contributed by atoms with Crippen LogP contribution >= 0.6 is 0 Å². The summed E-state index contributed by atoms with van der Waals surface area (Å²) in [6.45, 7) is -0.300. The van der Waals surface area contributed by atoms with Gasteiger partial charge in [0.25, 0.3) is 0 Å². The highest BCUT2D eigenvalue weighted by Crippen LogP contribution is 2.45. The molecule has 0 radical (unpaired) electrons. The van der Waals surface area contributed by atoms with Crippen molar-refractivity contribution in [3.63, 3.8) is 0 Å². The van der Waals surface area contributed by atoms with Gasteiger partial charge in [-0.2, -0.15) is 5.26 Å². The molecule has 2 aliphatic rings. The van der Waals surface area contributed by atoms with Crippen LogP contribution in [-0.4, -0.2) is 6.67 Å². The Hall–Kier alpha value is -2.21. The average molecular weight is 353 g/mol. The lowest BCUT2D eigenvalue weighted by molar-refractivity contribution is 0.238. The van der Waals surface area contributed by atoms with Crippen molar-refractivity contribution in [1.82, 2.24) is 0 Å². The van der Waals surface area contributed by atoms with E-state index in [-0.39, 0.29) is 18.4 Å². The maximum Gasteiger partial charge on any atom is 0.123 e. The Bertz CT molecular complexity index is 719. The van der Waals surface area contributed by atoms with E-state index in [0.717, 1.165) is 31.2 Å². The SMILES string of the molecule is N#CC1(C2CCC(/C=C/CCF)CC2)C=CC(c2cccc(F)c2)C=C1. The van der Waals surface area contributed by atoms with E-state index in [1.165, 1.54) is 6.07 Å². The van der Waals surface area contributed by atoms with Gasteiger partial charge in [-0.05, 0) is 61.6 Å². The summed E-state index contributed by atoms with van der Waals surface area (Å²) in [5, 5.41) is 9.87. The molecule has 1 saturated carbocycles. The van der Waals surface area contributed by atoms with Gasteiger partial charge in [0.15, 0.2) is 0 Å². The fourth-order valence-electron chi connectivity index (χ4n) is 4.16. The zero-order valence-electron chi connectivity index (χ0n) is 15.0. The minimum atomic E-state index is -0.558. The van der Waals surface area contributed by atoms with Crippen LogP contribution in [0.1, 0.15) is 43.6 Å². The molecule has 0 saturated heterocycles. The summed E-state index contributed by atoms with van der Waals surface area (Å²) in [6, 6.07) is 9.15. The van der Waals surface area contributed by atoms with Crippen molar-refractivity contribution in [1.29, 1.82) is 5.26 Å². The molecule has 2 aliphatic carbocycles. The monoisotopic (exact) mass is 353 g/mol. The molecule has 1 nitrogen and oxygen atoms in total. The predicted molar refractivity (Wildman–Crippen MR) is 101 cm³/mol. The van der Waals surface area contributed by atoms with Crippen molar-refractivity contribution in [3.05, 3.63) is 72.1 Å². The minimum Gasteiger partial charge on any atom is -0.251 e. The zero-order valence-corrected chi connectivity index (χ0v) is 15.0. The third-order valence-electron chi connectivity index (χ3n) is 5.72. The molecule has 3 heteroatoms. The molecule has 1 fully saturated rings. The Kier molecular flexibility index (Phi) is 6.04. The van der Waals surface area contributed by atoms with Crippen molar-refractivity contribution in [2.24, 2.45) is 17.3 Å². The molecule has 0 bridgehead atoms. The zero-order chi connectivity index (χ0) is 18.4. The van der Waals surface area contributed by atoms with Crippen LogP contribution in [0, 0.1) is 34.4 Å². The molecule has 1 aromatic carbocycles. The molecule has 3 rings (SSSR count). The lowest BCUT2D eigenvalue weighted by Gasteiger charge is -2.37. The lowest BCUT2D eigenvalue weighted by atomic mass is 9.65. The van der Waals surface area contributed by atoms with Gasteiger partial charge in [0.1, 0.15) is 5.82 Å². The van der Waals surface area contributed by atoms with Crippen LogP contribution in [0.25, 0.3) is 0 Å². The average Bonchev–Trinajstić information content (AvgIpc) is 2.69. The topological polar surface area (TPSA) is 23.8 Å². The van der Waals surface area contributed by atoms with Crippen molar-refractivity contribution >= 4 is 0 Å². The van der Waals surface area contributed by atoms with Crippen LogP contribution in [0.15, 0.2) is 60.7 Å². The van der Waals surface area contributed by atoms with Gasteiger partial charge >= 0.3 is 0 Å². The van der Waals surface area contributed by atoms with Crippen LogP contribution in [0.3, 0.4) is 0 Å². The molecule has 0 N–H and O–H groups in total. The summed E-state index contributed by atoms with van der Waals surface area (Å²) >= 11 is 0. The Morgan fingerprint density at radius 2 is 1.88 bits per heavy atom. The standard InChI is InChI=1S/C23H25F2N/c24-15-2-1-4-18-7-9-21(10-8-18)23(17-26)13-11-19(12-14-23)20-5-3-6-22(25)16-20/h1,3-6,11-14,16,18-19,21H,2,7-10,15H2/b4-1+. The van der Waals surface area contributed by atoms with Gasteiger partial charge in [-0.1, -0.05) is 48.6 Å². The molecule has 0 heterocycles. The number of nitrogens with zero attached hydrogens (tertiary/aromatic N) is 1. The first-order valence-corrected chi connectivity index (χ1v) is 9.45. The van der Waals surface area contributed by atoms with Gasteiger partial charge in [-0.3, -0.25) is 4.39 Å². The Morgan fingerprint density at radius 3 is 2.50 bits per heavy atom. The number of benzene rings is 1. The Balaban J connectivity index is 1.66. The minimum absolute atomic E-state index is 0.0205. The summed E-state index contributed by atoms with van der Waals surface area (Å²) in [6.07, 6.45) is 16.8. The fourth-order valence-corrected chi connectivity index (χ4v) is 4.16. The highest BCUT2D eigenvalue weighted by Gasteiger charge is 2.38. The number of alkyl halides is 1. The van der Waals surface area contributed by atoms with Crippen LogP contribution in [0.5, 0.6) is 0 Å². The van der Waals surface area contributed by atoms with Crippen LogP contribution < -0.4 is 0 Å². The molecule has 0 atom stereocenters. The second-order valence-corrected chi connectivity index (χ2v) is 7.36. The molecule has 0 amide bonds. The predicted octanol–water partition coefficient (Wildman–Crippen LogP) is 6.27. The molecule has 1 aromatic rings. The second kappa shape index (κ2) is 8.45. The van der Waals surface area contributed by atoms with E-state index >= 15 is 0 Å². The third-order valence-corrected chi connectivity index (χ3v) is 5.72. The van der Waals surface area contributed by atoms with Crippen molar-refractivity contribution < 1.29 is 8.78 Å². The number of hydrogen-bond acceptors (Lipinski definition) is 1. The van der Waals surface area contributed by atoms with Crippen molar-refractivity contribution in [3.8, 4) is 6.07 Å². The Labute approximate surface area is 154 Å². The van der Waals surface area contributed by atoms with Crippen molar-refractivity contribution in [2.75, 3.05) is 6.67 Å². The summed E-state index contributed by atoms with van der Waals surface area (Å²) < 4.78 is 25.7. The van der Waals surface area contributed by atoms with Crippen molar-refractivity contribution in [2.45, 2.75) is 38.0 Å². The summed E-state index contributed by atoms with van der Waals surface area (Å²) in [5.41, 5.74) is 0.350. The van der Waals surface area contributed by atoms with Gasteiger partial charge in [-0.25, -0.2) is 4.39 Å². The first-order valence-electron chi connectivity index (χ1n) is 9.45. The van der Waals surface area contributed by atoms with Crippen LogP contribution in [0.4, 0.5) is 8.78 Å². The van der Waals surface area contributed by atoms with E-state index < -0.39 is 5.41 Å². The molecule has 0 aromatic heterocycles. The van der Waals surface area contributed by atoms with E-state index in [2.05, 4.69) is 12.1 Å². The normalized spacial score (nSPS) is 31.2. The second-order valence-electron chi connectivity index (χ2n) is 7.36. The first kappa shape index (κ1) is 18.6. The highest BCUT2D eigenvalue weighted by atomic mass is 19.1. The summed E-state index contributed by atoms with van der Waals surface area (Å²) in [7, 11) is 0. The van der Waals surface area contributed by atoms with Gasteiger partial charge in [0.2, 0.25) is 0 Å². The van der Waals surface area contributed by atoms with Gasteiger partial charge in [-0.15, -0.1) is 0 Å². The van der Waals surface area contributed by atoms with Gasteiger partial charge in [0.05, 0.1) is 18.2 Å². The first-order chi connectivity index (χ1) is 12.7. The number of rotatable bonds is 5. The van der Waals surface area contributed by atoms with E-state index in [9.17, 15) is 14.0 Å². The number of nitriles is 1. The number of hydrogen-bond donors (Lipinski definition) is 0. The summed E-state index contributed by atoms with van der Waals surface area (Å²) in [5.74, 6) is 0.595. The lowest BCUT2D eigenvalue weighted by Crippen LogP contribution is -2.30. The maximum atomic E-state index is 13.5. The van der Waals surface area contributed by atoms with E-state index in [4.69, 9.17) is 0 Å². The van der Waals surface area contributed by atoms with Crippen LogP contribution in [-0.2, 0) is 0 Å². The maximum absolute atomic E-state index is 13.5. The molecule has 0 unspecified atom stereocenters.